The lowest BCUT2D eigenvalue weighted by Crippen LogP contribution is -2.39. The number of rotatable bonds is 5. The van der Waals surface area contributed by atoms with Gasteiger partial charge < -0.3 is 15.0 Å². The van der Waals surface area contributed by atoms with Crippen LogP contribution < -0.4 is 5.48 Å². The largest absolute Gasteiger partial charge is 0.490 e. The van der Waals surface area contributed by atoms with Gasteiger partial charge in [0.25, 0.3) is 5.91 Å². The number of fused-ring (bicyclic) bond motifs is 1. The third-order valence-corrected chi connectivity index (χ3v) is 6.64. The molecule has 2 heterocycles. The van der Waals surface area contributed by atoms with E-state index in [4.69, 9.17) is 20.1 Å². The minimum absolute atomic E-state index is 0.249. The fourth-order valence-electron chi connectivity index (χ4n) is 4.68. The van der Waals surface area contributed by atoms with Crippen LogP contribution in [0, 0.1) is 0 Å². The molecule has 5 rings (SSSR count). The van der Waals surface area contributed by atoms with Crippen molar-refractivity contribution >= 4 is 28.5 Å². The number of imidazole rings is 1. The summed E-state index contributed by atoms with van der Waals surface area (Å²) in [6, 6.07) is 15.7. The number of carbonyl (C=O) groups is 2. The van der Waals surface area contributed by atoms with Crippen LogP contribution in [0.2, 0.25) is 0 Å². The molecule has 1 unspecified atom stereocenters. The molecule has 2 aliphatic rings. The van der Waals surface area contributed by atoms with E-state index < -0.39 is 18.1 Å². The second kappa shape index (κ2) is 11.2. The van der Waals surface area contributed by atoms with Gasteiger partial charge in [0.2, 0.25) is 0 Å². The number of aromatic amines is 1. The average molecular weight is 529 g/mol. The Kier molecular flexibility index (Phi) is 7.98. The summed E-state index contributed by atoms with van der Waals surface area (Å²) in [4.78, 5) is 31.6. The Labute approximate surface area is 216 Å². The minimum Gasteiger partial charge on any atom is -0.475 e. The number of carboxylic acid groups (broad SMARTS) is 1. The molecular weight excluding hydrogens is 501 g/mol. The summed E-state index contributed by atoms with van der Waals surface area (Å²) in [5.74, 6) is -2.37. The van der Waals surface area contributed by atoms with E-state index in [2.05, 4.69) is 52.4 Å². The summed E-state index contributed by atoms with van der Waals surface area (Å²) in [6.45, 7) is 3.14. The molecule has 2 aromatic carbocycles. The number of H-pyrrole nitrogens is 1. The van der Waals surface area contributed by atoms with E-state index in [0.717, 1.165) is 42.9 Å². The van der Waals surface area contributed by atoms with Crippen molar-refractivity contribution in [1.29, 1.82) is 0 Å². The van der Waals surface area contributed by atoms with Crippen LogP contribution >= 0.6 is 0 Å². The Morgan fingerprint density at radius 3 is 2.37 bits per heavy atom. The van der Waals surface area contributed by atoms with E-state index in [9.17, 15) is 18.0 Å². The van der Waals surface area contributed by atoms with Crippen molar-refractivity contribution in [2.45, 2.75) is 30.9 Å². The highest BCUT2D eigenvalue weighted by atomic mass is 19.4. The topological polar surface area (TPSA) is 119 Å². The number of carbonyl (C=O) groups excluding carboxylic acids is 1. The van der Waals surface area contributed by atoms with E-state index in [1.54, 1.807) is 17.6 Å². The highest BCUT2D eigenvalue weighted by Gasteiger charge is 2.38. The van der Waals surface area contributed by atoms with Gasteiger partial charge in [-0.15, -0.1) is 0 Å². The highest BCUT2D eigenvalue weighted by molar-refractivity contribution is 5.96. The van der Waals surface area contributed by atoms with Crippen LogP contribution in [-0.2, 0) is 10.2 Å². The standard InChI is InChI=1S/C25H26N4O2.C2HF3O2/c30-23(28-31)20-8-9-21-22(16-20)27-24(26-21)25(17-29-14-4-5-15-29)12-10-19(11-13-25)18-6-2-1-3-7-18;3-2(4,5)1(6)7/h1-3,6-12,16,31H,4-5,13-15,17H2,(H,26,27)(H,28,30);(H,6,7). The van der Waals surface area contributed by atoms with Gasteiger partial charge in [-0.05, 0) is 61.7 Å². The van der Waals surface area contributed by atoms with Crippen molar-refractivity contribution in [3.63, 3.8) is 0 Å². The Bertz CT molecular complexity index is 1360. The van der Waals surface area contributed by atoms with E-state index in [-0.39, 0.29) is 5.41 Å². The number of carboxylic acids is 1. The number of allylic oxidation sites excluding steroid dienone is 3. The molecule has 0 bridgehead atoms. The summed E-state index contributed by atoms with van der Waals surface area (Å²) < 4.78 is 31.7. The molecule has 0 saturated carbocycles. The lowest BCUT2D eigenvalue weighted by Gasteiger charge is -2.34. The summed E-state index contributed by atoms with van der Waals surface area (Å²) >= 11 is 0. The second-order valence-corrected chi connectivity index (χ2v) is 9.26. The van der Waals surface area contributed by atoms with Gasteiger partial charge in [-0.1, -0.05) is 48.6 Å². The van der Waals surface area contributed by atoms with Gasteiger partial charge in [0.1, 0.15) is 5.82 Å². The van der Waals surface area contributed by atoms with Gasteiger partial charge in [-0.25, -0.2) is 15.3 Å². The van der Waals surface area contributed by atoms with Crippen LogP contribution in [0.4, 0.5) is 13.2 Å². The molecule has 1 aliphatic heterocycles. The molecular formula is C27H27F3N4O4. The first-order valence-electron chi connectivity index (χ1n) is 12.0. The number of aromatic nitrogens is 2. The SMILES string of the molecule is O=C(NO)c1ccc2nc(C3(CN4CCCC4)C=CC(c4ccccc4)=CC3)[nH]c2c1.O=C(O)C(F)(F)F. The summed E-state index contributed by atoms with van der Waals surface area (Å²) in [5, 5.41) is 16.1. The zero-order valence-electron chi connectivity index (χ0n) is 20.3. The first-order valence-corrected chi connectivity index (χ1v) is 12.0. The molecule has 1 saturated heterocycles. The van der Waals surface area contributed by atoms with Gasteiger partial charge >= 0.3 is 12.1 Å². The molecule has 0 spiro atoms. The van der Waals surface area contributed by atoms with Gasteiger partial charge in [0.15, 0.2) is 0 Å². The van der Waals surface area contributed by atoms with Crippen molar-refractivity contribution in [2.24, 2.45) is 0 Å². The summed E-state index contributed by atoms with van der Waals surface area (Å²) in [6.07, 6.45) is 5.08. The maximum absolute atomic E-state index is 11.8. The number of alkyl halides is 3. The number of aliphatic carboxylic acids is 1. The maximum Gasteiger partial charge on any atom is 0.490 e. The first kappa shape index (κ1) is 27.1. The molecule has 3 aromatic rings. The van der Waals surface area contributed by atoms with Gasteiger partial charge in [-0.3, -0.25) is 10.0 Å². The Balaban J connectivity index is 0.000000426. The molecule has 1 fully saturated rings. The summed E-state index contributed by atoms with van der Waals surface area (Å²) in [7, 11) is 0. The fourth-order valence-corrected chi connectivity index (χ4v) is 4.68. The number of benzene rings is 2. The van der Waals surface area contributed by atoms with E-state index in [1.807, 2.05) is 12.1 Å². The quantitative estimate of drug-likeness (QED) is 0.282. The number of nitrogens with one attached hydrogen (secondary N) is 2. The number of halogens is 3. The second-order valence-electron chi connectivity index (χ2n) is 9.26. The number of amides is 1. The van der Waals surface area contributed by atoms with E-state index in [1.165, 1.54) is 24.0 Å². The molecule has 8 nitrogen and oxygen atoms in total. The van der Waals surface area contributed by atoms with Crippen molar-refractivity contribution in [3.05, 3.63) is 83.7 Å². The molecule has 38 heavy (non-hydrogen) atoms. The molecule has 4 N–H and O–H groups in total. The molecule has 1 atom stereocenters. The summed E-state index contributed by atoms with van der Waals surface area (Å²) in [5.41, 5.74) is 5.90. The van der Waals surface area contributed by atoms with Crippen LogP contribution in [-0.4, -0.2) is 62.9 Å². The molecule has 1 aromatic heterocycles. The van der Waals surface area contributed by atoms with Gasteiger partial charge in [0, 0.05) is 12.1 Å². The minimum atomic E-state index is -5.08. The van der Waals surface area contributed by atoms with Crippen molar-refractivity contribution in [2.75, 3.05) is 19.6 Å². The van der Waals surface area contributed by atoms with Crippen molar-refractivity contribution < 1.29 is 33.1 Å². The fraction of sp³-hybridized carbons (Fsp3) is 0.296. The Hall–Kier alpha value is -3.96. The predicted molar refractivity (Wildman–Crippen MR) is 135 cm³/mol. The molecule has 1 amide bonds. The average Bonchev–Trinajstić information content (AvgIpc) is 3.58. The number of hydroxylamine groups is 1. The third-order valence-electron chi connectivity index (χ3n) is 6.64. The predicted octanol–water partition coefficient (Wildman–Crippen LogP) is 4.69. The molecule has 0 radical (unpaired) electrons. The number of hydrogen-bond donors (Lipinski definition) is 4. The highest BCUT2D eigenvalue weighted by Crippen LogP contribution is 2.37. The lowest BCUT2D eigenvalue weighted by molar-refractivity contribution is -0.192. The monoisotopic (exact) mass is 528 g/mol. The number of nitrogens with zero attached hydrogens (tertiary/aromatic N) is 2. The zero-order valence-corrected chi connectivity index (χ0v) is 20.3. The molecule has 1 aliphatic carbocycles. The number of hydrogen-bond acceptors (Lipinski definition) is 5. The van der Waals surface area contributed by atoms with Gasteiger partial charge in [-0.2, -0.15) is 13.2 Å². The zero-order chi connectivity index (χ0) is 27.3. The normalized spacial score (nSPS) is 19.5. The van der Waals surface area contributed by atoms with Crippen LogP contribution in [0.1, 0.15) is 41.0 Å². The lowest BCUT2D eigenvalue weighted by atomic mass is 9.77. The van der Waals surface area contributed by atoms with Crippen molar-refractivity contribution in [3.8, 4) is 0 Å². The first-order chi connectivity index (χ1) is 18.1. The maximum atomic E-state index is 11.8. The Morgan fingerprint density at radius 1 is 1.11 bits per heavy atom. The van der Waals surface area contributed by atoms with E-state index >= 15 is 0 Å². The Morgan fingerprint density at radius 2 is 1.79 bits per heavy atom. The van der Waals surface area contributed by atoms with E-state index in [0.29, 0.717) is 5.56 Å². The van der Waals surface area contributed by atoms with Gasteiger partial charge in [0.05, 0.1) is 16.4 Å². The molecule has 11 heteroatoms. The molecule has 200 valence electrons. The van der Waals surface area contributed by atoms with Crippen LogP contribution in [0.3, 0.4) is 0 Å². The van der Waals surface area contributed by atoms with Crippen LogP contribution in [0.25, 0.3) is 16.6 Å². The van der Waals surface area contributed by atoms with Crippen LogP contribution in [0.15, 0.2) is 66.8 Å². The van der Waals surface area contributed by atoms with Crippen molar-refractivity contribution in [1.82, 2.24) is 20.3 Å². The third kappa shape index (κ3) is 6.12. The smallest absolute Gasteiger partial charge is 0.475 e. The van der Waals surface area contributed by atoms with Crippen LogP contribution in [0.5, 0.6) is 0 Å². The number of likely N-dealkylation sites (tertiary alicyclic amines) is 1.